The molecule has 1 heterocycles. The predicted molar refractivity (Wildman–Crippen MR) is 81.6 cm³/mol. The molecule has 0 aliphatic carbocycles. The highest BCUT2D eigenvalue weighted by molar-refractivity contribution is 5.21. The van der Waals surface area contributed by atoms with Gasteiger partial charge in [0.25, 0.3) is 0 Å². The fraction of sp³-hybridized carbons (Fsp3) is 0.500. The Morgan fingerprint density at radius 1 is 1.20 bits per heavy atom. The summed E-state index contributed by atoms with van der Waals surface area (Å²) in [7, 11) is 1.95. The summed E-state index contributed by atoms with van der Waals surface area (Å²) in [5.41, 5.74) is 1.46. The maximum absolute atomic E-state index is 4.35. The molecule has 1 aromatic carbocycles. The van der Waals surface area contributed by atoms with Crippen LogP contribution in [0, 0.1) is 0 Å². The van der Waals surface area contributed by atoms with Gasteiger partial charge in [-0.05, 0) is 26.3 Å². The van der Waals surface area contributed by atoms with Crippen LogP contribution in [0.25, 0.3) is 0 Å². The van der Waals surface area contributed by atoms with Crippen molar-refractivity contribution < 1.29 is 0 Å². The summed E-state index contributed by atoms with van der Waals surface area (Å²) < 4.78 is 1.85. The van der Waals surface area contributed by atoms with Crippen LogP contribution in [-0.2, 0) is 13.5 Å². The van der Waals surface area contributed by atoms with Crippen molar-refractivity contribution in [3.63, 3.8) is 0 Å². The van der Waals surface area contributed by atoms with Gasteiger partial charge in [-0.3, -0.25) is 4.68 Å². The predicted octanol–water partition coefficient (Wildman–Crippen LogP) is 2.53. The van der Waals surface area contributed by atoms with E-state index in [4.69, 9.17) is 0 Å². The lowest BCUT2D eigenvalue weighted by Crippen LogP contribution is -2.39. The molecule has 4 nitrogen and oxygen atoms in total. The zero-order chi connectivity index (χ0) is 14.6. The Balaban J connectivity index is 2.14. The second-order valence-electron chi connectivity index (χ2n) is 6.24. The quantitative estimate of drug-likeness (QED) is 0.909. The minimum atomic E-state index is 0.118. The number of benzene rings is 1. The average Bonchev–Trinajstić information content (AvgIpc) is 2.80. The van der Waals surface area contributed by atoms with Gasteiger partial charge < -0.3 is 5.32 Å². The minimum absolute atomic E-state index is 0.118. The van der Waals surface area contributed by atoms with E-state index in [-0.39, 0.29) is 5.54 Å². The van der Waals surface area contributed by atoms with E-state index in [1.54, 1.807) is 6.33 Å². The van der Waals surface area contributed by atoms with Crippen LogP contribution in [0.3, 0.4) is 0 Å². The zero-order valence-electron chi connectivity index (χ0n) is 12.8. The van der Waals surface area contributed by atoms with Gasteiger partial charge in [0.05, 0.1) is 0 Å². The Hall–Kier alpha value is -1.68. The Bertz CT molecular complexity index is 525. The van der Waals surface area contributed by atoms with E-state index >= 15 is 0 Å². The van der Waals surface area contributed by atoms with Crippen molar-refractivity contribution in [1.29, 1.82) is 0 Å². The zero-order valence-corrected chi connectivity index (χ0v) is 12.8. The Kier molecular flexibility index (Phi) is 4.55. The van der Waals surface area contributed by atoms with E-state index in [9.17, 15) is 0 Å². The average molecular weight is 272 g/mol. The maximum Gasteiger partial charge on any atom is 0.138 e. The highest BCUT2D eigenvalue weighted by Crippen LogP contribution is 2.20. The molecule has 0 spiro atoms. The first kappa shape index (κ1) is 14.7. The number of nitrogens with zero attached hydrogens (tertiary/aromatic N) is 3. The fourth-order valence-electron chi connectivity index (χ4n) is 2.19. The van der Waals surface area contributed by atoms with E-state index in [1.165, 1.54) is 5.56 Å². The molecule has 1 unspecified atom stereocenters. The van der Waals surface area contributed by atoms with Gasteiger partial charge in [0.15, 0.2) is 0 Å². The number of aryl methyl sites for hydroxylation is 1. The first-order valence-corrected chi connectivity index (χ1v) is 7.08. The summed E-state index contributed by atoms with van der Waals surface area (Å²) in [5, 5.41) is 7.75. The van der Waals surface area contributed by atoms with E-state index in [0.717, 1.165) is 18.8 Å². The molecule has 108 valence electrons. The summed E-state index contributed by atoms with van der Waals surface area (Å²) in [6.07, 6.45) is 2.51. The molecular formula is C16H24N4. The Morgan fingerprint density at radius 3 is 2.45 bits per heavy atom. The SMILES string of the molecule is Cn1ncnc1CC(CNC(C)(C)C)c1ccccc1. The molecule has 0 saturated heterocycles. The third kappa shape index (κ3) is 4.17. The molecule has 0 aliphatic heterocycles. The monoisotopic (exact) mass is 272 g/mol. The lowest BCUT2D eigenvalue weighted by atomic mass is 9.94. The highest BCUT2D eigenvalue weighted by atomic mass is 15.3. The number of hydrogen-bond donors (Lipinski definition) is 1. The van der Waals surface area contributed by atoms with E-state index in [0.29, 0.717) is 5.92 Å². The molecule has 0 bridgehead atoms. The normalized spacial score (nSPS) is 13.4. The molecule has 2 aromatic rings. The van der Waals surface area contributed by atoms with E-state index in [2.05, 4.69) is 66.5 Å². The third-order valence-corrected chi connectivity index (χ3v) is 3.38. The fourth-order valence-corrected chi connectivity index (χ4v) is 2.19. The van der Waals surface area contributed by atoms with Crippen molar-refractivity contribution in [2.45, 2.75) is 38.6 Å². The molecule has 1 N–H and O–H groups in total. The standard InChI is InChI=1S/C16H24N4/c1-16(2,3)18-11-14(13-8-6-5-7-9-13)10-15-17-12-19-20(15)4/h5-9,12,14,18H,10-11H2,1-4H3. The molecule has 20 heavy (non-hydrogen) atoms. The molecule has 1 aromatic heterocycles. The van der Waals surface area contributed by atoms with Gasteiger partial charge in [-0.2, -0.15) is 5.10 Å². The summed E-state index contributed by atoms with van der Waals surface area (Å²) in [6, 6.07) is 10.6. The summed E-state index contributed by atoms with van der Waals surface area (Å²) in [4.78, 5) is 4.35. The third-order valence-electron chi connectivity index (χ3n) is 3.38. The number of aromatic nitrogens is 3. The van der Waals surface area contributed by atoms with Crippen LogP contribution in [0.1, 0.15) is 38.1 Å². The van der Waals surface area contributed by atoms with Gasteiger partial charge in [0.1, 0.15) is 12.2 Å². The number of rotatable bonds is 5. The molecule has 0 amide bonds. The van der Waals surface area contributed by atoms with Gasteiger partial charge in [0.2, 0.25) is 0 Å². The lowest BCUT2D eigenvalue weighted by molar-refractivity contribution is 0.402. The van der Waals surface area contributed by atoms with Crippen molar-refractivity contribution in [2.75, 3.05) is 6.54 Å². The van der Waals surface area contributed by atoms with Crippen LogP contribution in [0.15, 0.2) is 36.7 Å². The molecule has 0 fully saturated rings. The first-order valence-electron chi connectivity index (χ1n) is 7.08. The molecule has 0 aliphatic rings. The van der Waals surface area contributed by atoms with Crippen LogP contribution in [-0.4, -0.2) is 26.8 Å². The van der Waals surface area contributed by atoms with Crippen LogP contribution in [0.5, 0.6) is 0 Å². The van der Waals surface area contributed by atoms with Gasteiger partial charge >= 0.3 is 0 Å². The van der Waals surface area contributed by atoms with Gasteiger partial charge in [-0.1, -0.05) is 30.3 Å². The van der Waals surface area contributed by atoms with Crippen molar-refractivity contribution in [2.24, 2.45) is 7.05 Å². The van der Waals surface area contributed by atoms with E-state index < -0.39 is 0 Å². The molecular weight excluding hydrogens is 248 g/mol. The van der Waals surface area contributed by atoms with Gasteiger partial charge in [-0.25, -0.2) is 4.98 Å². The molecule has 1 atom stereocenters. The van der Waals surface area contributed by atoms with Crippen LogP contribution < -0.4 is 5.32 Å². The molecule has 2 rings (SSSR count). The van der Waals surface area contributed by atoms with Crippen molar-refractivity contribution >= 4 is 0 Å². The second kappa shape index (κ2) is 6.18. The van der Waals surface area contributed by atoms with Crippen molar-refractivity contribution in [1.82, 2.24) is 20.1 Å². The van der Waals surface area contributed by atoms with Gasteiger partial charge in [0, 0.05) is 31.5 Å². The highest BCUT2D eigenvalue weighted by Gasteiger charge is 2.18. The topological polar surface area (TPSA) is 42.7 Å². The summed E-state index contributed by atoms with van der Waals surface area (Å²) in [6.45, 7) is 7.51. The minimum Gasteiger partial charge on any atom is -0.311 e. The summed E-state index contributed by atoms with van der Waals surface area (Å²) in [5.74, 6) is 1.42. The lowest BCUT2D eigenvalue weighted by Gasteiger charge is -2.25. The maximum atomic E-state index is 4.35. The molecule has 4 heteroatoms. The Morgan fingerprint density at radius 2 is 1.90 bits per heavy atom. The van der Waals surface area contributed by atoms with Crippen molar-refractivity contribution in [3.05, 3.63) is 48.0 Å². The largest absolute Gasteiger partial charge is 0.311 e. The smallest absolute Gasteiger partial charge is 0.138 e. The molecule has 0 saturated carbocycles. The summed E-state index contributed by atoms with van der Waals surface area (Å²) >= 11 is 0. The number of nitrogens with one attached hydrogen (secondary N) is 1. The Labute approximate surface area is 121 Å². The van der Waals surface area contributed by atoms with E-state index in [1.807, 2.05) is 11.7 Å². The van der Waals surface area contributed by atoms with Crippen LogP contribution in [0.2, 0.25) is 0 Å². The van der Waals surface area contributed by atoms with Crippen LogP contribution >= 0.6 is 0 Å². The van der Waals surface area contributed by atoms with Crippen LogP contribution in [0.4, 0.5) is 0 Å². The van der Waals surface area contributed by atoms with Crippen molar-refractivity contribution in [3.8, 4) is 0 Å². The second-order valence-corrected chi connectivity index (χ2v) is 6.24. The molecule has 0 radical (unpaired) electrons. The number of hydrogen-bond acceptors (Lipinski definition) is 3. The first-order chi connectivity index (χ1) is 9.46. The van der Waals surface area contributed by atoms with Gasteiger partial charge in [-0.15, -0.1) is 0 Å².